The van der Waals surface area contributed by atoms with Crippen LogP contribution in [0.5, 0.6) is 0 Å². The first-order valence-electron chi connectivity index (χ1n) is 43.8. The third-order valence-electron chi connectivity index (χ3n) is 25.0. The summed E-state index contributed by atoms with van der Waals surface area (Å²) in [5, 5.41) is 89.4. The molecular weight excluding hydrogens is 1850 g/mol. The molecule has 2 bridgehead atoms. The van der Waals surface area contributed by atoms with Crippen molar-refractivity contribution in [2.24, 2.45) is 46.2 Å². The first kappa shape index (κ1) is 106. The largest absolute Gasteiger partial charge is 0.508 e. The van der Waals surface area contributed by atoms with E-state index in [9.17, 15) is 112 Å². The van der Waals surface area contributed by atoms with E-state index in [4.69, 9.17) is 45.3 Å². The molecule has 4 aliphatic rings. The summed E-state index contributed by atoms with van der Waals surface area (Å²) in [6.07, 6.45) is -14.3. The number of H-pyrrole nitrogens is 1. The van der Waals surface area contributed by atoms with Gasteiger partial charge in [-0.3, -0.25) is 77.5 Å². The van der Waals surface area contributed by atoms with Gasteiger partial charge in [-0.25, -0.2) is 29.1 Å². The van der Waals surface area contributed by atoms with Gasteiger partial charge in [0, 0.05) is 85.2 Å². The summed E-state index contributed by atoms with van der Waals surface area (Å²) in [6.45, 7) is 9.55. The van der Waals surface area contributed by atoms with Gasteiger partial charge < -0.3 is 108 Å². The minimum Gasteiger partial charge on any atom is -0.481 e. The molecule has 3 aliphatic carbocycles. The Bertz CT molecular complexity index is 5720. The lowest BCUT2D eigenvalue weighted by Gasteiger charge is -2.67. The summed E-state index contributed by atoms with van der Waals surface area (Å²) in [4.78, 5) is 260. The number of carboxylic acids is 5. The van der Waals surface area contributed by atoms with E-state index in [1.807, 2.05) is 0 Å². The molecule has 1 saturated heterocycles. The van der Waals surface area contributed by atoms with Crippen molar-refractivity contribution in [3.63, 3.8) is 0 Å². The second-order valence-electron chi connectivity index (χ2n) is 34.6. The number of aliphatic carboxylic acids is 5. The summed E-state index contributed by atoms with van der Waals surface area (Å²) in [6, 6.07) is 21.7. The van der Waals surface area contributed by atoms with Gasteiger partial charge in [0.25, 0.3) is 17.4 Å². The van der Waals surface area contributed by atoms with Gasteiger partial charge in [0.05, 0.1) is 91.0 Å². The van der Waals surface area contributed by atoms with Crippen molar-refractivity contribution in [1.29, 1.82) is 5.41 Å². The minimum atomic E-state index is -2.41. The van der Waals surface area contributed by atoms with Crippen molar-refractivity contribution in [3.8, 4) is 0 Å². The van der Waals surface area contributed by atoms with Gasteiger partial charge in [-0.1, -0.05) is 109 Å². The van der Waals surface area contributed by atoms with Crippen molar-refractivity contribution in [3.05, 3.63) is 171 Å². The van der Waals surface area contributed by atoms with Crippen LogP contribution in [0.25, 0.3) is 11.2 Å². The maximum Gasteiger partial charge on any atom is 0.508 e. The van der Waals surface area contributed by atoms with Gasteiger partial charge in [0.1, 0.15) is 66.3 Å². The van der Waals surface area contributed by atoms with Crippen molar-refractivity contribution >= 4 is 151 Å². The van der Waals surface area contributed by atoms with E-state index in [0.29, 0.717) is 28.1 Å². The monoisotopic (exact) mass is 1950 g/mol. The molecule has 10 rings (SSSR count). The molecule has 2 unspecified atom stereocenters. The normalized spacial score (nSPS) is 21.7. The first-order chi connectivity index (χ1) is 65.3. The SMILES string of the molecule is CC(=O)O[C@@]12CO[C@@H]1C[C@H](OC(=O)OCCSSC[C@H](NC(=O)[C@H](CC(=O)O)NC(=O)[C@H](CC(=O)O)CC(=O)[C@H](CCCNC(=N)N)NC(=O)[C@H](CC(=O)O)CC(=O)CC[C@H](NC(=O)c1ccc(NCc3cnc4nc(N)[nH]c(=O)c4n3)cc1)C(=O)O)C(=O)O)[C@@]1(C)C(=O)[C@H](C)C3=C(C)[C@@H](OC(=O)[C@H](C)[C@@H](NC(=O)c4ccccc4)c4ccccc4)C[C@@](O)(C(OC(=O)c4ccccc4)C12)C3(C)C. The van der Waals surface area contributed by atoms with Crippen LogP contribution in [0.15, 0.2) is 137 Å². The molecule has 4 aromatic carbocycles. The minimum absolute atomic E-state index is 0.0125. The molecule has 2 saturated carbocycles. The molecule has 738 valence electrons. The van der Waals surface area contributed by atoms with Gasteiger partial charge >= 0.3 is 53.9 Å². The molecule has 46 heteroatoms. The highest BCUT2D eigenvalue weighted by atomic mass is 33.1. The number of rotatable bonds is 47. The van der Waals surface area contributed by atoms with Gasteiger partial charge in [-0.15, -0.1) is 0 Å². The molecule has 44 nitrogen and oxygen atoms in total. The average molecular weight is 1950 g/mol. The highest BCUT2D eigenvalue weighted by Crippen LogP contribution is 2.66. The van der Waals surface area contributed by atoms with Gasteiger partial charge in [-0.2, -0.15) is 4.98 Å². The zero-order valence-electron chi connectivity index (χ0n) is 75.9. The Morgan fingerprint density at radius 3 is 1.86 bits per heavy atom. The fraction of sp³-hybridized carbons (Fsp3) is 0.457. The molecule has 19 N–H and O–H groups in total. The van der Waals surface area contributed by atoms with Crippen LogP contribution in [-0.4, -0.2) is 248 Å². The molecule has 2 aromatic heterocycles. The summed E-state index contributed by atoms with van der Waals surface area (Å²) in [7, 11) is 1.66. The molecule has 0 radical (unpaired) electrons. The average Bonchev–Trinajstić information content (AvgIpc) is 0.665. The molecule has 0 spiro atoms. The predicted molar refractivity (Wildman–Crippen MR) is 489 cm³/mol. The summed E-state index contributed by atoms with van der Waals surface area (Å²) >= 11 is 0. The number of aromatic amines is 1. The van der Waals surface area contributed by atoms with Crippen molar-refractivity contribution in [2.75, 3.05) is 42.3 Å². The van der Waals surface area contributed by atoms with E-state index in [0.717, 1.165) is 28.5 Å². The zero-order valence-corrected chi connectivity index (χ0v) is 77.6. The number of carboxylic acid groups (broad SMARTS) is 5. The van der Waals surface area contributed by atoms with Crippen LogP contribution in [0.2, 0.25) is 0 Å². The van der Waals surface area contributed by atoms with Crippen molar-refractivity contribution in [2.45, 2.75) is 191 Å². The number of aliphatic hydroxyl groups is 1. The maximum atomic E-state index is 16.4. The molecule has 5 amide bonds. The fourth-order valence-electron chi connectivity index (χ4n) is 18.0. The number of nitrogens with zero attached hydrogens (tertiary/aromatic N) is 3. The lowest BCUT2D eigenvalue weighted by Crippen LogP contribution is -2.81. The Hall–Kier alpha value is -14.3. The predicted octanol–water partition coefficient (Wildman–Crippen LogP) is 4.52. The molecule has 1 aliphatic heterocycles. The second-order valence-corrected chi connectivity index (χ2v) is 37.3. The van der Waals surface area contributed by atoms with Gasteiger partial charge in [-0.05, 0) is 105 Å². The number of nitrogens with one attached hydrogen (secondary N) is 9. The number of aromatic nitrogens is 4. The third kappa shape index (κ3) is 25.9. The lowest BCUT2D eigenvalue weighted by atomic mass is 9.43. The smallest absolute Gasteiger partial charge is 0.481 e. The topological polar surface area (TPSA) is 699 Å². The number of hydrogen-bond donors (Lipinski definition) is 17. The Labute approximate surface area is 795 Å². The molecule has 3 fully saturated rings. The van der Waals surface area contributed by atoms with Crippen molar-refractivity contribution in [1.82, 2.24) is 51.8 Å². The number of carbonyl (C=O) groups excluding carboxylic acids is 12. The number of ketones is 3. The maximum absolute atomic E-state index is 16.4. The number of amides is 5. The number of hydrogen-bond acceptors (Lipinski definition) is 33. The lowest BCUT2D eigenvalue weighted by molar-refractivity contribution is -0.345. The van der Waals surface area contributed by atoms with Crippen LogP contribution >= 0.6 is 21.6 Å². The van der Waals surface area contributed by atoms with E-state index >= 15 is 4.79 Å². The highest BCUT2D eigenvalue weighted by Gasteiger charge is 2.79. The van der Waals surface area contributed by atoms with E-state index < -0.39 is 295 Å². The summed E-state index contributed by atoms with van der Waals surface area (Å²) in [5.74, 6) is -28.5. The Balaban J connectivity index is 0.773. The van der Waals surface area contributed by atoms with Crippen LogP contribution < -0.4 is 54.2 Å². The fourth-order valence-corrected chi connectivity index (χ4v) is 20.0. The number of nitrogen functional groups attached to an aromatic ring is 1. The Kier molecular flexibility index (Phi) is 35.6. The number of benzene rings is 4. The Morgan fingerprint density at radius 2 is 1.26 bits per heavy atom. The Morgan fingerprint density at radius 1 is 0.674 bits per heavy atom. The van der Waals surface area contributed by atoms with Crippen LogP contribution in [0, 0.1) is 45.8 Å². The standard InChI is InChI=1S/C92H108N14O30S2/c1-45-63(133-84(127)47(3)70(49-18-11-8-12-19-49)104-77(118)50-20-13-9-14-21-50)40-92(130)74(135-85(128)52-22-15-10-16-23-52)72-90(7,73(116)46(2)69(45)89(92,5)6)64(39-65-91(72,44-132-65)136-48(4)107)134-88(129)131-32-33-137-138-43-61(83(125)126)103-80(121)60(38-68(114)115)102-79(120)54(37-67(112)113)35-62(109)58(24-17-31-96-86(93)94)100-78(119)53(36-66(110)111)34-57(108)29-30-59(82(123)124)101-76(117)51-25-27-55(28-26-51)97-41-56-42-98-75-71(99-56)81(122)106-87(95)105-75/h8-16,18-23,25-28,42,46-47,53-54,58-61,63-65,70,72,74,97,130H,17,24,29-41,43-44H2,1-7H3,(H,100,119)(H,101,117)(H,102,120)(H,103,121)(H,104,118)(H,110,111)(H,112,113)(H,114,115)(H,123,124)(H,125,126)(H4,93,94,96)(H3,95,98,105,106,122)/t46-,47-,53+,54+,58+,59+,60+,61+,63+,64+,65-,70-,72?,74?,90-,91+,92-/m1/s1. The van der Waals surface area contributed by atoms with Gasteiger partial charge in [0.2, 0.25) is 23.7 Å². The molecule has 3 heterocycles. The molecular formula is C92H108N14O30S2. The number of Topliss-reactive ketones (excluding diaryl/α,β-unsaturated/α-hetero) is 3. The van der Waals surface area contributed by atoms with Crippen molar-refractivity contribution < 1.29 is 141 Å². The zero-order chi connectivity index (χ0) is 101. The number of esters is 3. The summed E-state index contributed by atoms with van der Waals surface area (Å²) in [5.41, 5.74) is 4.50. The number of guanidine groups is 1. The highest BCUT2D eigenvalue weighted by molar-refractivity contribution is 8.76. The number of carbonyl (C=O) groups is 17. The third-order valence-corrected chi connectivity index (χ3v) is 27.4. The van der Waals surface area contributed by atoms with E-state index in [2.05, 4.69) is 57.2 Å². The second kappa shape index (κ2) is 46.5. The van der Waals surface area contributed by atoms with E-state index in [1.54, 1.807) is 113 Å². The van der Waals surface area contributed by atoms with Crippen LogP contribution in [-0.2, 0) is 97.3 Å². The van der Waals surface area contributed by atoms with Gasteiger partial charge in [0.15, 0.2) is 28.5 Å². The van der Waals surface area contributed by atoms with Crippen LogP contribution in [0.4, 0.5) is 16.4 Å². The van der Waals surface area contributed by atoms with Crippen LogP contribution in [0.1, 0.15) is 167 Å². The van der Waals surface area contributed by atoms with E-state index in [1.165, 1.54) is 49.5 Å². The molecule has 17 atom stereocenters. The van der Waals surface area contributed by atoms with Crippen LogP contribution in [0.3, 0.4) is 0 Å². The number of ether oxygens (including phenoxy) is 6. The molecule has 138 heavy (non-hydrogen) atoms. The number of nitrogens with two attached hydrogens (primary N) is 2. The summed E-state index contributed by atoms with van der Waals surface area (Å²) < 4.78 is 37.3. The number of anilines is 2. The van der Waals surface area contributed by atoms with E-state index in [-0.39, 0.29) is 65.5 Å². The quantitative estimate of drug-likeness (QED) is 0.00475. The first-order valence-corrected chi connectivity index (χ1v) is 46.3. The molecule has 6 aromatic rings. The number of fused-ring (bicyclic) bond motifs is 6.